The molecule has 0 amide bonds. The number of nitrogens with zero attached hydrogens (tertiary/aromatic N) is 1. The monoisotopic (exact) mass is 583 g/mol. The van der Waals surface area contributed by atoms with Gasteiger partial charge in [0.05, 0.1) is 46.5 Å². The van der Waals surface area contributed by atoms with E-state index in [0.717, 1.165) is 41.1 Å². The SMILES string of the molecule is CC(=Cc1csc(C)n1)[C@@H]1C[C@H]2O[C@]2(C)CCC[C@H](C)[C@H](O)[C@@H](Cc2ccccc2)C(=O)C(C)(C)[C@@H](O)CC(=O)O1. The Kier molecular flexibility index (Phi) is 9.89. The van der Waals surface area contributed by atoms with E-state index in [2.05, 4.69) is 11.9 Å². The number of benzene rings is 1. The van der Waals surface area contributed by atoms with Gasteiger partial charge in [-0.05, 0) is 63.2 Å². The Balaban J connectivity index is 1.61. The second kappa shape index (κ2) is 12.9. The quantitative estimate of drug-likeness (QED) is 0.351. The maximum Gasteiger partial charge on any atom is 0.309 e. The number of aliphatic hydroxyl groups excluding tert-OH is 2. The van der Waals surface area contributed by atoms with E-state index in [-0.39, 0.29) is 29.8 Å². The molecule has 0 bridgehead atoms. The molecule has 0 unspecified atom stereocenters. The number of fused-ring (bicyclic) bond motifs is 1. The minimum atomic E-state index is -1.27. The highest BCUT2D eigenvalue weighted by Gasteiger charge is 2.53. The van der Waals surface area contributed by atoms with Crippen molar-refractivity contribution in [3.63, 3.8) is 0 Å². The van der Waals surface area contributed by atoms with Crippen LogP contribution >= 0.6 is 11.3 Å². The predicted octanol–water partition coefficient (Wildman–Crippen LogP) is 5.70. The molecule has 2 saturated heterocycles. The lowest BCUT2D eigenvalue weighted by Crippen LogP contribution is -2.47. The average Bonchev–Trinajstić information content (AvgIpc) is 3.37. The molecule has 7 nitrogen and oxygen atoms in total. The van der Waals surface area contributed by atoms with Crippen molar-refractivity contribution in [2.45, 2.75) is 110 Å². The molecule has 2 fully saturated rings. The zero-order chi connectivity index (χ0) is 29.9. The first-order valence-corrected chi connectivity index (χ1v) is 15.6. The van der Waals surface area contributed by atoms with Gasteiger partial charge in [0.2, 0.25) is 0 Å². The van der Waals surface area contributed by atoms with Crippen LogP contribution in [0, 0.1) is 24.2 Å². The molecule has 41 heavy (non-hydrogen) atoms. The van der Waals surface area contributed by atoms with E-state index in [4.69, 9.17) is 9.47 Å². The number of cyclic esters (lactones) is 1. The van der Waals surface area contributed by atoms with E-state index >= 15 is 0 Å². The summed E-state index contributed by atoms with van der Waals surface area (Å²) in [6.45, 7) is 11.2. The van der Waals surface area contributed by atoms with Crippen molar-refractivity contribution in [2.24, 2.45) is 17.3 Å². The van der Waals surface area contributed by atoms with Gasteiger partial charge in [0.25, 0.3) is 0 Å². The Labute approximate surface area is 248 Å². The van der Waals surface area contributed by atoms with Crippen molar-refractivity contribution in [3.05, 3.63) is 57.6 Å². The van der Waals surface area contributed by atoms with Crippen molar-refractivity contribution < 1.29 is 29.3 Å². The van der Waals surface area contributed by atoms with Crippen LogP contribution in [0.2, 0.25) is 0 Å². The number of epoxide rings is 1. The smallest absolute Gasteiger partial charge is 0.309 e. The number of Topliss-reactive ketones (excluding diaryl/α,β-unsaturated/α-hetero) is 1. The van der Waals surface area contributed by atoms with E-state index in [0.29, 0.717) is 12.8 Å². The third kappa shape index (κ3) is 7.72. The lowest BCUT2D eigenvalue weighted by atomic mass is 9.70. The molecular formula is C33H45NO6S. The van der Waals surface area contributed by atoms with Crippen LogP contribution in [-0.4, -0.2) is 57.0 Å². The summed E-state index contributed by atoms with van der Waals surface area (Å²) in [7, 11) is 0. The first-order valence-electron chi connectivity index (χ1n) is 14.7. The number of carbonyl (C=O) groups excluding carboxylic acids is 2. The van der Waals surface area contributed by atoms with E-state index in [9.17, 15) is 19.8 Å². The van der Waals surface area contributed by atoms with Crippen LogP contribution < -0.4 is 0 Å². The fourth-order valence-corrected chi connectivity index (χ4v) is 6.51. The third-order valence-electron chi connectivity index (χ3n) is 9.05. The maximum atomic E-state index is 14.0. The molecular weight excluding hydrogens is 538 g/mol. The number of ketones is 1. The fraction of sp³-hybridized carbons (Fsp3) is 0.606. The lowest BCUT2D eigenvalue weighted by Gasteiger charge is -2.36. The molecule has 0 spiro atoms. The zero-order valence-corrected chi connectivity index (χ0v) is 25.9. The molecule has 224 valence electrons. The summed E-state index contributed by atoms with van der Waals surface area (Å²) in [5, 5.41) is 25.6. The minimum Gasteiger partial charge on any atom is -0.458 e. The Morgan fingerprint density at radius 3 is 2.54 bits per heavy atom. The van der Waals surface area contributed by atoms with Gasteiger partial charge < -0.3 is 19.7 Å². The number of esters is 1. The summed E-state index contributed by atoms with van der Waals surface area (Å²) in [5.41, 5.74) is 1.01. The van der Waals surface area contributed by atoms with Crippen LogP contribution in [0.15, 0.2) is 41.3 Å². The van der Waals surface area contributed by atoms with E-state index < -0.39 is 35.6 Å². The topological polar surface area (TPSA) is 109 Å². The van der Waals surface area contributed by atoms with Gasteiger partial charge in [-0.1, -0.05) is 57.5 Å². The number of aliphatic hydroxyl groups is 2. The van der Waals surface area contributed by atoms with Crippen LogP contribution in [0.5, 0.6) is 0 Å². The lowest BCUT2D eigenvalue weighted by molar-refractivity contribution is -0.154. The molecule has 0 radical (unpaired) electrons. The van der Waals surface area contributed by atoms with Gasteiger partial charge in [0.15, 0.2) is 0 Å². The number of ether oxygens (including phenoxy) is 2. The molecule has 2 N–H and O–H groups in total. The summed E-state index contributed by atoms with van der Waals surface area (Å²) in [6, 6.07) is 9.63. The van der Waals surface area contributed by atoms with E-state index in [1.54, 1.807) is 25.2 Å². The van der Waals surface area contributed by atoms with Crippen LogP contribution in [0.25, 0.3) is 6.08 Å². The van der Waals surface area contributed by atoms with Crippen molar-refractivity contribution in [2.75, 3.05) is 0 Å². The molecule has 7 atom stereocenters. The Morgan fingerprint density at radius 2 is 1.88 bits per heavy atom. The second-order valence-electron chi connectivity index (χ2n) is 12.8. The van der Waals surface area contributed by atoms with Crippen LogP contribution in [-0.2, 0) is 25.5 Å². The molecule has 3 heterocycles. The summed E-state index contributed by atoms with van der Waals surface area (Å²) in [6.07, 6.45) is 2.09. The molecule has 0 saturated carbocycles. The first-order chi connectivity index (χ1) is 19.3. The van der Waals surface area contributed by atoms with Gasteiger partial charge in [-0.15, -0.1) is 11.3 Å². The van der Waals surface area contributed by atoms with Crippen LogP contribution in [0.1, 0.15) is 83.0 Å². The number of aromatic nitrogens is 1. The van der Waals surface area contributed by atoms with Crippen LogP contribution in [0.4, 0.5) is 0 Å². The Bertz CT molecular complexity index is 1240. The van der Waals surface area contributed by atoms with Gasteiger partial charge in [-0.2, -0.15) is 0 Å². The standard InChI is InChI=1S/C33H45NO6S/c1-20-11-10-14-33(6)28(40-33)17-26(21(2)15-24-19-41-22(3)34-24)39-29(36)18-27(35)32(4,5)31(38)25(30(20)37)16-23-12-8-7-9-13-23/h7-9,12-13,15,19-20,25-28,30,35,37H,10-11,14,16-18H2,1-6H3/t20-,25+,26-,27-,28+,30-,33+/m0/s1. The molecule has 2 aliphatic heterocycles. The second-order valence-corrected chi connectivity index (χ2v) is 13.8. The Hall–Kier alpha value is -2.39. The van der Waals surface area contributed by atoms with Gasteiger partial charge in [0, 0.05) is 17.7 Å². The molecule has 1 aromatic carbocycles. The number of rotatable bonds is 4. The molecule has 0 aliphatic carbocycles. The highest BCUT2D eigenvalue weighted by molar-refractivity contribution is 7.09. The maximum absolute atomic E-state index is 14.0. The number of hydrogen-bond acceptors (Lipinski definition) is 8. The van der Waals surface area contributed by atoms with Crippen molar-refractivity contribution in [1.82, 2.24) is 4.98 Å². The first kappa shape index (κ1) is 31.5. The highest BCUT2D eigenvalue weighted by Crippen LogP contribution is 2.45. The van der Waals surface area contributed by atoms with E-state index in [1.165, 1.54) is 0 Å². The normalized spacial score (nSPS) is 33.6. The zero-order valence-electron chi connectivity index (χ0n) is 25.1. The summed E-state index contributed by atoms with van der Waals surface area (Å²) in [5.74, 6) is -1.68. The highest BCUT2D eigenvalue weighted by atomic mass is 32.1. The number of thiazole rings is 1. The summed E-state index contributed by atoms with van der Waals surface area (Å²) < 4.78 is 12.1. The average molecular weight is 584 g/mol. The van der Waals surface area contributed by atoms with Gasteiger partial charge in [-0.25, -0.2) is 4.98 Å². The predicted molar refractivity (Wildman–Crippen MR) is 160 cm³/mol. The van der Waals surface area contributed by atoms with Gasteiger partial charge in [-0.3, -0.25) is 9.59 Å². The molecule has 4 rings (SSSR count). The van der Waals surface area contributed by atoms with Crippen molar-refractivity contribution >= 4 is 29.2 Å². The summed E-state index contributed by atoms with van der Waals surface area (Å²) in [4.78, 5) is 31.7. The van der Waals surface area contributed by atoms with Crippen LogP contribution in [0.3, 0.4) is 0 Å². The minimum absolute atomic E-state index is 0.0669. The van der Waals surface area contributed by atoms with Gasteiger partial charge >= 0.3 is 5.97 Å². The number of carbonyl (C=O) groups is 2. The largest absolute Gasteiger partial charge is 0.458 e. The summed E-state index contributed by atoms with van der Waals surface area (Å²) >= 11 is 1.56. The third-order valence-corrected chi connectivity index (χ3v) is 9.84. The Morgan fingerprint density at radius 1 is 1.17 bits per heavy atom. The molecule has 2 aliphatic rings. The molecule has 1 aromatic heterocycles. The molecule has 2 aromatic rings. The van der Waals surface area contributed by atoms with Gasteiger partial charge in [0.1, 0.15) is 11.9 Å². The molecule has 8 heteroatoms. The number of aryl methyl sites for hydroxylation is 1. The van der Waals surface area contributed by atoms with Crippen molar-refractivity contribution in [3.8, 4) is 0 Å². The van der Waals surface area contributed by atoms with E-state index in [1.807, 2.05) is 62.6 Å². The van der Waals surface area contributed by atoms with Crippen molar-refractivity contribution in [1.29, 1.82) is 0 Å². The fourth-order valence-electron chi connectivity index (χ4n) is 5.94. The number of hydrogen-bond donors (Lipinski definition) is 2.